The number of hydrogen-bond acceptors (Lipinski definition) is 6. The van der Waals surface area contributed by atoms with Gasteiger partial charge >= 0.3 is 0 Å². The maximum atomic E-state index is 12.2. The second-order valence-electron chi connectivity index (χ2n) is 5.36. The smallest absolute Gasteiger partial charge is 0.277 e. The van der Waals surface area contributed by atoms with Crippen molar-refractivity contribution in [3.05, 3.63) is 36.0 Å². The number of benzene rings is 1. The SMILES string of the molecule is COc1ccc(NC(=O)c2coc(C(N)C(C)C)n2)cc1OC. The maximum Gasteiger partial charge on any atom is 0.277 e. The van der Waals surface area contributed by atoms with Crippen molar-refractivity contribution in [2.24, 2.45) is 11.7 Å². The summed E-state index contributed by atoms with van der Waals surface area (Å²) in [7, 11) is 3.08. The molecular weight excluding hydrogens is 298 g/mol. The molecule has 2 rings (SSSR count). The summed E-state index contributed by atoms with van der Waals surface area (Å²) in [5.41, 5.74) is 6.69. The molecule has 0 fully saturated rings. The third-order valence-corrected chi connectivity index (χ3v) is 3.40. The maximum absolute atomic E-state index is 12.2. The summed E-state index contributed by atoms with van der Waals surface area (Å²) >= 11 is 0. The number of nitrogens with zero attached hydrogens (tertiary/aromatic N) is 1. The van der Waals surface area contributed by atoms with Gasteiger partial charge in [0, 0.05) is 11.8 Å². The number of nitrogens with one attached hydrogen (secondary N) is 1. The highest BCUT2D eigenvalue weighted by Gasteiger charge is 2.19. The van der Waals surface area contributed by atoms with Crippen molar-refractivity contribution in [3.63, 3.8) is 0 Å². The minimum atomic E-state index is -0.386. The van der Waals surface area contributed by atoms with E-state index >= 15 is 0 Å². The molecule has 0 aliphatic heterocycles. The zero-order chi connectivity index (χ0) is 17.0. The number of anilines is 1. The van der Waals surface area contributed by atoms with Crippen LogP contribution in [0.1, 0.15) is 36.3 Å². The van der Waals surface area contributed by atoms with Gasteiger partial charge in [0.25, 0.3) is 5.91 Å². The summed E-state index contributed by atoms with van der Waals surface area (Å²) in [5, 5.41) is 2.73. The Morgan fingerprint density at radius 1 is 1.26 bits per heavy atom. The molecule has 3 N–H and O–H groups in total. The molecule has 0 aliphatic rings. The zero-order valence-electron chi connectivity index (χ0n) is 13.6. The van der Waals surface area contributed by atoms with Crippen LogP contribution in [-0.4, -0.2) is 25.1 Å². The van der Waals surface area contributed by atoms with Gasteiger partial charge in [0.2, 0.25) is 5.89 Å². The van der Waals surface area contributed by atoms with Gasteiger partial charge in [-0.15, -0.1) is 0 Å². The molecule has 1 amide bonds. The Bertz CT molecular complexity index is 682. The molecule has 1 aromatic carbocycles. The van der Waals surface area contributed by atoms with Crippen molar-refractivity contribution in [1.82, 2.24) is 4.98 Å². The van der Waals surface area contributed by atoms with Crippen molar-refractivity contribution < 1.29 is 18.7 Å². The Hall–Kier alpha value is -2.54. The molecule has 0 spiro atoms. The van der Waals surface area contributed by atoms with Crippen LogP contribution in [0.4, 0.5) is 5.69 Å². The lowest BCUT2D eigenvalue weighted by Gasteiger charge is -2.10. The summed E-state index contributed by atoms with van der Waals surface area (Å²) in [4.78, 5) is 16.4. The number of carbonyl (C=O) groups is 1. The highest BCUT2D eigenvalue weighted by molar-refractivity contribution is 6.02. The lowest BCUT2D eigenvalue weighted by Crippen LogP contribution is -2.18. The molecule has 2 aromatic rings. The van der Waals surface area contributed by atoms with Gasteiger partial charge in [-0.25, -0.2) is 4.98 Å². The van der Waals surface area contributed by atoms with Crippen LogP contribution in [0.3, 0.4) is 0 Å². The number of rotatable bonds is 6. The second kappa shape index (κ2) is 7.15. The average molecular weight is 319 g/mol. The first-order chi connectivity index (χ1) is 11.0. The van der Waals surface area contributed by atoms with Crippen molar-refractivity contribution >= 4 is 11.6 Å². The van der Waals surface area contributed by atoms with E-state index in [1.165, 1.54) is 13.4 Å². The lowest BCUT2D eigenvalue weighted by molar-refractivity contribution is 0.102. The fourth-order valence-corrected chi connectivity index (χ4v) is 1.94. The monoisotopic (exact) mass is 319 g/mol. The van der Waals surface area contributed by atoms with Gasteiger partial charge in [0.05, 0.1) is 20.3 Å². The van der Waals surface area contributed by atoms with E-state index < -0.39 is 0 Å². The van der Waals surface area contributed by atoms with Crippen molar-refractivity contribution in [2.45, 2.75) is 19.9 Å². The number of methoxy groups -OCH3 is 2. The minimum absolute atomic E-state index is 0.162. The Morgan fingerprint density at radius 2 is 1.96 bits per heavy atom. The molecular formula is C16H21N3O4. The normalized spacial score (nSPS) is 12.1. The molecule has 0 aliphatic carbocycles. The summed E-state index contributed by atoms with van der Waals surface area (Å²) < 4.78 is 15.6. The van der Waals surface area contributed by atoms with Gasteiger partial charge < -0.3 is 24.9 Å². The number of aromatic nitrogens is 1. The van der Waals surface area contributed by atoms with E-state index in [1.807, 2.05) is 13.8 Å². The molecule has 7 nitrogen and oxygen atoms in total. The van der Waals surface area contributed by atoms with Crippen molar-refractivity contribution in [3.8, 4) is 11.5 Å². The number of amides is 1. The number of carbonyl (C=O) groups excluding carboxylic acids is 1. The van der Waals surface area contributed by atoms with Crippen LogP contribution in [0.5, 0.6) is 11.5 Å². The van der Waals surface area contributed by atoms with E-state index in [-0.39, 0.29) is 23.6 Å². The van der Waals surface area contributed by atoms with E-state index in [9.17, 15) is 4.79 Å². The first kappa shape index (κ1) is 16.8. The van der Waals surface area contributed by atoms with Gasteiger partial charge in [-0.3, -0.25) is 4.79 Å². The number of hydrogen-bond donors (Lipinski definition) is 2. The lowest BCUT2D eigenvalue weighted by atomic mass is 10.1. The van der Waals surface area contributed by atoms with Gasteiger partial charge in [-0.1, -0.05) is 13.8 Å². The first-order valence-corrected chi connectivity index (χ1v) is 7.20. The largest absolute Gasteiger partial charge is 0.493 e. The fraction of sp³-hybridized carbons (Fsp3) is 0.375. The molecule has 0 saturated heterocycles. The fourth-order valence-electron chi connectivity index (χ4n) is 1.94. The van der Waals surface area contributed by atoms with Crippen LogP contribution in [0.2, 0.25) is 0 Å². The Labute approximate surface area is 134 Å². The predicted octanol–water partition coefficient (Wildman–Crippen LogP) is 2.60. The highest BCUT2D eigenvalue weighted by Crippen LogP contribution is 2.30. The van der Waals surface area contributed by atoms with Gasteiger partial charge in [0.15, 0.2) is 17.2 Å². The topological polar surface area (TPSA) is 99.6 Å². The predicted molar refractivity (Wildman–Crippen MR) is 85.8 cm³/mol. The summed E-state index contributed by atoms with van der Waals surface area (Å²) in [5.74, 6) is 1.22. The molecule has 1 heterocycles. The van der Waals surface area contributed by atoms with E-state index in [2.05, 4.69) is 10.3 Å². The molecule has 1 atom stereocenters. The number of nitrogens with two attached hydrogens (primary N) is 1. The Balaban J connectivity index is 2.13. The van der Waals surface area contributed by atoms with Gasteiger partial charge in [-0.05, 0) is 18.1 Å². The molecule has 1 aromatic heterocycles. The van der Waals surface area contributed by atoms with E-state index in [4.69, 9.17) is 19.6 Å². The summed E-state index contributed by atoms with van der Waals surface area (Å²) in [6, 6.07) is 4.73. The standard InChI is InChI=1S/C16H21N3O4/c1-9(2)14(17)16-19-11(8-23-16)15(20)18-10-5-6-12(21-3)13(7-10)22-4/h5-9,14H,17H2,1-4H3,(H,18,20). The van der Waals surface area contributed by atoms with Crippen LogP contribution in [0.25, 0.3) is 0 Å². The van der Waals surface area contributed by atoms with Crippen LogP contribution in [0, 0.1) is 5.92 Å². The average Bonchev–Trinajstić information content (AvgIpc) is 3.03. The quantitative estimate of drug-likeness (QED) is 0.849. The highest BCUT2D eigenvalue weighted by atomic mass is 16.5. The van der Waals surface area contributed by atoms with E-state index in [0.717, 1.165) is 0 Å². The summed E-state index contributed by atoms with van der Waals surface area (Å²) in [6.45, 7) is 3.91. The zero-order valence-corrected chi connectivity index (χ0v) is 13.6. The van der Waals surface area contributed by atoms with E-state index in [0.29, 0.717) is 23.1 Å². The van der Waals surface area contributed by atoms with Gasteiger partial charge in [0.1, 0.15) is 6.26 Å². The van der Waals surface area contributed by atoms with Crippen LogP contribution < -0.4 is 20.5 Å². The number of ether oxygens (including phenoxy) is 2. The molecule has 7 heteroatoms. The van der Waals surface area contributed by atoms with Gasteiger partial charge in [-0.2, -0.15) is 0 Å². The molecule has 1 unspecified atom stereocenters. The summed E-state index contributed by atoms with van der Waals surface area (Å²) in [6.07, 6.45) is 1.30. The van der Waals surface area contributed by atoms with Crippen LogP contribution in [0.15, 0.2) is 28.9 Å². The van der Waals surface area contributed by atoms with Crippen molar-refractivity contribution in [1.29, 1.82) is 0 Å². The molecule has 23 heavy (non-hydrogen) atoms. The molecule has 0 bridgehead atoms. The second-order valence-corrected chi connectivity index (χ2v) is 5.36. The number of oxazole rings is 1. The Kier molecular flexibility index (Phi) is 5.23. The molecule has 0 saturated carbocycles. The van der Waals surface area contributed by atoms with E-state index in [1.54, 1.807) is 25.3 Å². The molecule has 0 radical (unpaired) electrons. The first-order valence-electron chi connectivity index (χ1n) is 7.20. The molecule has 124 valence electrons. The third-order valence-electron chi connectivity index (χ3n) is 3.40. The van der Waals surface area contributed by atoms with Crippen molar-refractivity contribution in [2.75, 3.05) is 19.5 Å². The minimum Gasteiger partial charge on any atom is -0.493 e. The third kappa shape index (κ3) is 3.81. The van der Waals surface area contributed by atoms with Crippen LogP contribution in [-0.2, 0) is 0 Å². The van der Waals surface area contributed by atoms with Crippen LogP contribution >= 0.6 is 0 Å². The Morgan fingerprint density at radius 3 is 2.57 bits per heavy atom.